The summed E-state index contributed by atoms with van der Waals surface area (Å²) in [6, 6.07) is 0. The lowest BCUT2D eigenvalue weighted by atomic mass is 10.2. The molecule has 0 heterocycles. The van der Waals surface area contributed by atoms with Gasteiger partial charge in [0.2, 0.25) is 0 Å². The Morgan fingerprint density at radius 1 is 1.71 bits per heavy atom. The largest absolute Gasteiger partial charge is 0.235 e. The zero-order valence-corrected chi connectivity index (χ0v) is 4.69. The Balaban J connectivity index is 3.29. The van der Waals surface area contributed by atoms with Crippen molar-refractivity contribution in [3.05, 3.63) is 0 Å². The van der Waals surface area contributed by atoms with Crippen LogP contribution in [0.3, 0.4) is 0 Å². The second-order valence-electron chi connectivity index (χ2n) is 1.46. The molecule has 0 spiro atoms. The number of hydrogen-bond donors (Lipinski definition) is 0. The van der Waals surface area contributed by atoms with Gasteiger partial charge in [0.05, 0.1) is 6.61 Å². The molecular weight excluding hydrogens is 88.1 g/mol. The molecule has 0 aliphatic carbocycles. The standard InChI is InChI=1S/C6H9O/c1-3-4-6(2)5-7/h6H,5H2,1-2H3. The van der Waals surface area contributed by atoms with E-state index in [0.29, 0.717) is 0 Å². The average Bonchev–Trinajstić information content (AvgIpc) is 1.68. The highest BCUT2D eigenvalue weighted by Gasteiger charge is 1.89. The van der Waals surface area contributed by atoms with Gasteiger partial charge < -0.3 is 0 Å². The van der Waals surface area contributed by atoms with Crippen LogP contribution in [0.1, 0.15) is 13.8 Å². The molecule has 0 fully saturated rings. The van der Waals surface area contributed by atoms with Gasteiger partial charge >= 0.3 is 0 Å². The maximum absolute atomic E-state index is 9.92. The molecule has 1 unspecified atom stereocenters. The van der Waals surface area contributed by atoms with Crippen LogP contribution in [0, 0.1) is 17.8 Å². The molecule has 1 radical (unpaired) electrons. The summed E-state index contributed by atoms with van der Waals surface area (Å²) in [4.78, 5) is 0. The van der Waals surface area contributed by atoms with Crippen LogP contribution in [0.15, 0.2) is 0 Å². The molecule has 0 aliphatic heterocycles. The van der Waals surface area contributed by atoms with E-state index in [1.54, 1.807) is 6.92 Å². The Morgan fingerprint density at radius 2 is 2.29 bits per heavy atom. The summed E-state index contributed by atoms with van der Waals surface area (Å²) in [6.45, 7) is 3.48. The van der Waals surface area contributed by atoms with E-state index in [1.807, 2.05) is 6.92 Å². The minimum Gasteiger partial charge on any atom is -0.235 e. The van der Waals surface area contributed by atoms with Crippen molar-refractivity contribution in [1.29, 1.82) is 0 Å². The smallest absolute Gasteiger partial charge is 0.0957 e. The molecule has 0 aliphatic rings. The highest BCUT2D eigenvalue weighted by molar-refractivity contribution is 4.98. The first-order valence-electron chi connectivity index (χ1n) is 2.31. The molecule has 7 heavy (non-hydrogen) atoms. The van der Waals surface area contributed by atoms with Crippen LogP contribution in [0.4, 0.5) is 0 Å². The zero-order valence-electron chi connectivity index (χ0n) is 4.69. The van der Waals surface area contributed by atoms with Crippen molar-refractivity contribution in [2.45, 2.75) is 13.8 Å². The van der Waals surface area contributed by atoms with Crippen LogP contribution in [0.5, 0.6) is 0 Å². The van der Waals surface area contributed by atoms with E-state index in [4.69, 9.17) is 0 Å². The van der Waals surface area contributed by atoms with Crippen molar-refractivity contribution < 1.29 is 5.11 Å². The molecule has 0 amide bonds. The Bertz CT molecular complexity index is 86.1. The highest BCUT2D eigenvalue weighted by Crippen LogP contribution is 1.86. The molecule has 0 N–H and O–H groups in total. The molecule has 0 aromatic rings. The van der Waals surface area contributed by atoms with Crippen LogP contribution >= 0.6 is 0 Å². The summed E-state index contributed by atoms with van der Waals surface area (Å²) in [7, 11) is 0. The van der Waals surface area contributed by atoms with E-state index in [2.05, 4.69) is 11.8 Å². The van der Waals surface area contributed by atoms with Gasteiger partial charge in [0, 0.05) is 5.92 Å². The van der Waals surface area contributed by atoms with E-state index in [0.717, 1.165) is 0 Å². The number of rotatable bonds is 1. The predicted octanol–water partition coefficient (Wildman–Crippen LogP) is 1.08. The molecule has 0 saturated heterocycles. The van der Waals surface area contributed by atoms with Crippen LogP contribution in [0.2, 0.25) is 0 Å². The summed E-state index contributed by atoms with van der Waals surface area (Å²) in [5.41, 5.74) is 0. The lowest BCUT2D eigenvalue weighted by molar-refractivity contribution is 0.171. The molecule has 1 atom stereocenters. The van der Waals surface area contributed by atoms with Crippen molar-refractivity contribution in [3.8, 4) is 11.8 Å². The Morgan fingerprint density at radius 3 is 2.43 bits per heavy atom. The van der Waals surface area contributed by atoms with Gasteiger partial charge in [0.1, 0.15) is 0 Å². The zero-order chi connectivity index (χ0) is 5.70. The van der Waals surface area contributed by atoms with Crippen LogP contribution in [0.25, 0.3) is 0 Å². The monoisotopic (exact) mass is 97.1 g/mol. The maximum atomic E-state index is 9.92. The van der Waals surface area contributed by atoms with Gasteiger partial charge in [-0.3, -0.25) is 0 Å². The SMILES string of the molecule is CC#CC(C)C[O]. The first-order valence-corrected chi connectivity index (χ1v) is 2.31. The van der Waals surface area contributed by atoms with Crippen LogP contribution in [-0.4, -0.2) is 6.61 Å². The molecule has 1 nitrogen and oxygen atoms in total. The normalized spacial score (nSPS) is 11.9. The van der Waals surface area contributed by atoms with Gasteiger partial charge in [-0.25, -0.2) is 5.11 Å². The fraction of sp³-hybridized carbons (Fsp3) is 0.667. The molecule has 0 aromatic heterocycles. The second-order valence-corrected chi connectivity index (χ2v) is 1.46. The third-order valence-corrected chi connectivity index (χ3v) is 0.641. The Hall–Kier alpha value is -0.480. The topological polar surface area (TPSA) is 19.9 Å². The summed E-state index contributed by atoms with van der Waals surface area (Å²) in [6.07, 6.45) is 0. The van der Waals surface area contributed by atoms with Crippen molar-refractivity contribution in [2.75, 3.05) is 6.61 Å². The fourth-order valence-corrected chi connectivity index (χ4v) is 0.288. The van der Waals surface area contributed by atoms with E-state index in [9.17, 15) is 5.11 Å². The summed E-state index contributed by atoms with van der Waals surface area (Å²) in [5, 5.41) is 9.92. The molecule has 0 aromatic carbocycles. The third kappa shape index (κ3) is 3.35. The number of hydrogen-bond acceptors (Lipinski definition) is 0. The van der Waals surface area contributed by atoms with Crippen LogP contribution < -0.4 is 0 Å². The lowest BCUT2D eigenvalue weighted by Crippen LogP contribution is -1.93. The Kier molecular flexibility index (Phi) is 3.45. The van der Waals surface area contributed by atoms with Crippen LogP contribution in [-0.2, 0) is 5.11 Å². The molecule has 1 heteroatoms. The molecule has 0 rings (SSSR count). The summed E-state index contributed by atoms with van der Waals surface area (Å²) >= 11 is 0. The molecule has 39 valence electrons. The maximum Gasteiger partial charge on any atom is 0.0957 e. The van der Waals surface area contributed by atoms with Gasteiger partial charge in [0.15, 0.2) is 0 Å². The van der Waals surface area contributed by atoms with E-state index >= 15 is 0 Å². The van der Waals surface area contributed by atoms with Gasteiger partial charge in [-0.05, 0) is 13.8 Å². The van der Waals surface area contributed by atoms with Crippen molar-refractivity contribution in [1.82, 2.24) is 0 Å². The first-order chi connectivity index (χ1) is 3.31. The average molecular weight is 97.1 g/mol. The lowest BCUT2D eigenvalue weighted by Gasteiger charge is -1.88. The fourth-order valence-electron chi connectivity index (χ4n) is 0.288. The summed E-state index contributed by atoms with van der Waals surface area (Å²) in [5.74, 6) is 5.43. The van der Waals surface area contributed by atoms with Gasteiger partial charge in [0.25, 0.3) is 0 Å². The quantitative estimate of drug-likeness (QED) is 0.436. The minimum absolute atomic E-state index is 0.0324. The van der Waals surface area contributed by atoms with Crippen molar-refractivity contribution in [3.63, 3.8) is 0 Å². The minimum atomic E-state index is -0.0825. The van der Waals surface area contributed by atoms with Gasteiger partial charge in [-0.1, -0.05) is 5.92 Å². The van der Waals surface area contributed by atoms with Crippen molar-refractivity contribution >= 4 is 0 Å². The summed E-state index contributed by atoms with van der Waals surface area (Å²) < 4.78 is 0. The van der Waals surface area contributed by atoms with Gasteiger partial charge in [-0.15, -0.1) is 5.92 Å². The highest BCUT2D eigenvalue weighted by atomic mass is 16.3. The van der Waals surface area contributed by atoms with E-state index in [-0.39, 0.29) is 12.5 Å². The van der Waals surface area contributed by atoms with Gasteiger partial charge in [-0.2, -0.15) is 0 Å². The second kappa shape index (κ2) is 3.70. The molecule has 0 saturated carbocycles. The predicted molar refractivity (Wildman–Crippen MR) is 28.2 cm³/mol. The third-order valence-electron chi connectivity index (χ3n) is 0.641. The first kappa shape index (κ1) is 6.52. The Labute approximate surface area is 44.4 Å². The van der Waals surface area contributed by atoms with E-state index < -0.39 is 0 Å². The molecular formula is C6H9O. The van der Waals surface area contributed by atoms with Crippen molar-refractivity contribution in [2.24, 2.45) is 5.92 Å². The van der Waals surface area contributed by atoms with E-state index in [1.165, 1.54) is 0 Å². The molecule has 0 bridgehead atoms.